The molecule has 9 heteroatoms. The van der Waals surface area contributed by atoms with Crippen LogP contribution in [0.25, 0.3) is 0 Å². The van der Waals surface area contributed by atoms with E-state index in [9.17, 15) is 19.5 Å². The number of hydrogen-bond acceptors (Lipinski definition) is 9. The van der Waals surface area contributed by atoms with Crippen molar-refractivity contribution in [1.29, 1.82) is 0 Å². The summed E-state index contributed by atoms with van der Waals surface area (Å²) >= 11 is 0. The van der Waals surface area contributed by atoms with E-state index in [1.807, 2.05) is 0 Å². The second kappa shape index (κ2) is 10.1. The van der Waals surface area contributed by atoms with Gasteiger partial charge in [0.15, 0.2) is 11.5 Å². The summed E-state index contributed by atoms with van der Waals surface area (Å²) in [5.41, 5.74) is 2.41. The summed E-state index contributed by atoms with van der Waals surface area (Å²) in [6.07, 6.45) is -0.507. The van der Waals surface area contributed by atoms with Crippen LogP contribution < -0.4 is 9.47 Å². The Morgan fingerprint density at radius 2 is 1.13 bits per heavy atom. The van der Waals surface area contributed by atoms with Crippen molar-refractivity contribution in [2.24, 2.45) is 0 Å². The molecule has 39 heavy (non-hydrogen) atoms. The molecule has 0 fully saturated rings. The fourth-order valence-corrected chi connectivity index (χ4v) is 6.35. The van der Waals surface area contributed by atoms with Crippen molar-refractivity contribution in [2.45, 2.75) is 77.6 Å². The maximum absolute atomic E-state index is 12.7. The molecule has 0 amide bonds. The van der Waals surface area contributed by atoms with Crippen LogP contribution in [0, 0.1) is 0 Å². The fraction of sp³-hybridized carbons (Fsp3) is 0.500. The van der Waals surface area contributed by atoms with Gasteiger partial charge in [-0.05, 0) is 91.0 Å². The number of hydrogen-bond donors (Lipinski definition) is 1. The zero-order chi connectivity index (χ0) is 28.8. The largest absolute Gasteiger partial charge is 0.513 e. The summed E-state index contributed by atoms with van der Waals surface area (Å²) in [7, 11) is 0. The highest BCUT2D eigenvalue weighted by Gasteiger charge is 2.57. The summed E-state index contributed by atoms with van der Waals surface area (Å²) in [4.78, 5) is 37.3. The van der Waals surface area contributed by atoms with Crippen LogP contribution >= 0.6 is 0 Å². The third-order valence-electron chi connectivity index (χ3n) is 7.60. The molecule has 1 unspecified atom stereocenters. The molecular weight excluding hydrogens is 504 g/mol. The van der Waals surface area contributed by atoms with Gasteiger partial charge in [-0.15, -0.1) is 0 Å². The number of carbonyl (C=O) groups excluding carboxylic acids is 3. The number of esters is 1. The molecule has 9 nitrogen and oxygen atoms in total. The lowest BCUT2D eigenvalue weighted by Gasteiger charge is -2.30. The highest BCUT2D eigenvalue weighted by molar-refractivity contribution is 5.93. The van der Waals surface area contributed by atoms with Crippen LogP contribution in [-0.4, -0.2) is 43.2 Å². The van der Waals surface area contributed by atoms with E-state index in [-0.39, 0.29) is 53.5 Å². The summed E-state index contributed by atoms with van der Waals surface area (Å²) in [6, 6.07) is 6.83. The van der Waals surface area contributed by atoms with Crippen LogP contribution in [0.4, 0.5) is 9.59 Å². The van der Waals surface area contributed by atoms with Gasteiger partial charge in [-0.3, -0.25) is 0 Å². The van der Waals surface area contributed by atoms with Gasteiger partial charge < -0.3 is 28.8 Å². The molecule has 4 rings (SSSR count). The van der Waals surface area contributed by atoms with Crippen molar-refractivity contribution in [3.63, 3.8) is 0 Å². The lowest BCUT2D eigenvalue weighted by molar-refractivity contribution is 0.0522. The molecule has 2 aliphatic rings. The molecule has 210 valence electrons. The number of phenolic OH excluding ortho intramolecular Hbond substituents is 1. The molecule has 0 saturated heterocycles. The maximum Gasteiger partial charge on any atom is 0.513 e. The van der Waals surface area contributed by atoms with Crippen LogP contribution in [-0.2, 0) is 30.5 Å². The zero-order valence-electron chi connectivity index (χ0n) is 23.6. The molecule has 0 aliphatic heterocycles. The predicted molar refractivity (Wildman–Crippen MR) is 142 cm³/mol. The van der Waals surface area contributed by atoms with E-state index >= 15 is 0 Å². The first-order chi connectivity index (χ1) is 18.3. The molecule has 0 aromatic heterocycles. The van der Waals surface area contributed by atoms with E-state index in [0.29, 0.717) is 12.8 Å². The molecular formula is C30H36O9. The maximum atomic E-state index is 12.7. The lowest BCUT2D eigenvalue weighted by atomic mass is 9.72. The molecule has 2 aliphatic carbocycles. The monoisotopic (exact) mass is 540 g/mol. The second-order valence-corrected chi connectivity index (χ2v) is 11.3. The summed E-state index contributed by atoms with van der Waals surface area (Å²) in [6.45, 7) is 13.8. The van der Waals surface area contributed by atoms with E-state index in [0.717, 1.165) is 22.3 Å². The van der Waals surface area contributed by atoms with E-state index in [4.69, 9.17) is 23.7 Å². The lowest BCUT2D eigenvalue weighted by Crippen LogP contribution is -2.27. The first-order valence-electron chi connectivity index (χ1n) is 13.2. The smallest absolute Gasteiger partial charge is 0.507 e. The van der Waals surface area contributed by atoms with Crippen molar-refractivity contribution in [3.8, 4) is 17.2 Å². The normalized spacial score (nSPS) is 19.7. The minimum absolute atomic E-state index is 0.0213. The van der Waals surface area contributed by atoms with Gasteiger partial charge in [0, 0.05) is 5.41 Å². The Hall–Kier alpha value is -3.75. The Labute approximate surface area is 228 Å². The SMILES string of the molecule is CCOC(=O)Oc1cc2c(cc1OC(=O)OCC)C1(CC2(C)C)CC(C)(C)c2cc(O)c(C(=O)OCC)cc21. The standard InChI is InChI=1S/C30H36O9/c1-8-35-25(32)17-11-20-18(12-22(17)31)28(4,5)15-30(20)16-29(6,7)19-13-23(38-26(33)36-9-2)24(14-21(19)30)39-27(34)37-10-3/h11-14,31H,8-10,15-16H2,1-7H3. The first-order valence-corrected chi connectivity index (χ1v) is 13.2. The van der Waals surface area contributed by atoms with Gasteiger partial charge in [0.2, 0.25) is 0 Å². The quantitative estimate of drug-likeness (QED) is 0.256. The van der Waals surface area contributed by atoms with Crippen molar-refractivity contribution >= 4 is 18.3 Å². The van der Waals surface area contributed by atoms with Gasteiger partial charge in [0.25, 0.3) is 0 Å². The van der Waals surface area contributed by atoms with Crippen molar-refractivity contribution in [2.75, 3.05) is 19.8 Å². The predicted octanol–water partition coefficient (Wildman–Crippen LogP) is 6.29. The van der Waals surface area contributed by atoms with Crippen LogP contribution in [0.1, 0.15) is 93.9 Å². The van der Waals surface area contributed by atoms with Crippen LogP contribution in [0.2, 0.25) is 0 Å². The molecule has 2 aromatic carbocycles. The topological polar surface area (TPSA) is 118 Å². The Morgan fingerprint density at radius 3 is 1.62 bits per heavy atom. The van der Waals surface area contributed by atoms with Crippen molar-refractivity contribution in [1.82, 2.24) is 0 Å². The number of aromatic hydroxyl groups is 1. The Kier molecular flexibility index (Phi) is 7.31. The second-order valence-electron chi connectivity index (χ2n) is 11.3. The van der Waals surface area contributed by atoms with Crippen molar-refractivity contribution < 1.29 is 43.2 Å². The van der Waals surface area contributed by atoms with E-state index in [1.165, 1.54) is 0 Å². The Bertz CT molecular complexity index is 1320. The highest BCUT2D eigenvalue weighted by atomic mass is 16.7. The highest BCUT2D eigenvalue weighted by Crippen LogP contribution is 2.64. The molecule has 0 bridgehead atoms. The number of carbonyl (C=O) groups is 3. The third-order valence-corrected chi connectivity index (χ3v) is 7.60. The van der Waals surface area contributed by atoms with Crippen molar-refractivity contribution in [3.05, 3.63) is 52.1 Å². The van der Waals surface area contributed by atoms with E-state index < -0.39 is 23.7 Å². The number of fused-ring (bicyclic) bond motifs is 4. The molecule has 0 radical (unpaired) electrons. The van der Waals surface area contributed by atoms with Gasteiger partial charge >= 0.3 is 18.3 Å². The van der Waals surface area contributed by atoms with Crippen LogP contribution in [0.15, 0.2) is 24.3 Å². The molecule has 2 aromatic rings. The third kappa shape index (κ3) is 4.90. The van der Waals surface area contributed by atoms with E-state index in [1.54, 1.807) is 45.0 Å². The average Bonchev–Trinajstić information content (AvgIpc) is 3.18. The summed E-state index contributed by atoms with van der Waals surface area (Å²) < 4.78 is 26.1. The minimum Gasteiger partial charge on any atom is -0.507 e. The molecule has 1 spiro atoms. The Balaban J connectivity index is 1.95. The number of rotatable bonds is 6. The van der Waals surface area contributed by atoms with Gasteiger partial charge in [-0.1, -0.05) is 27.7 Å². The number of benzene rings is 2. The van der Waals surface area contributed by atoms with Crippen LogP contribution in [0.5, 0.6) is 17.2 Å². The van der Waals surface area contributed by atoms with Crippen LogP contribution in [0.3, 0.4) is 0 Å². The first kappa shape index (κ1) is 28.3. The Morgan fingerprint density at radius 1 is 0.692 bits per heavy atom. The van der Waals surface area contributed by atoms with E-state index in [2.05, 4.69) is 27.7 Å². The summed E-state index contributed by atoms with van der Waals surface area (Å²) in [5.74, 6) is -0.660. The molecule has 1 atom stereocenters. The molecule has 0 saturated carbocycles. The van der Waals surface area contributed by atoms with Gasteiger partial charge in [0.05, 0.1) is 19.8 Å². The molecule has 0 heterocycles. The fourth-order valence-electron chi connectivity index (χ4n) is 6.35. The number of phenols is 1. The van der Waals surface area contributed by atoms with Gasteiger partial charge in [0.1, 0.15) is 11.3 Å². The minimum atomic E-state index is -0.931. The van der Waals surface area contributed by atoms with Gasteiger partial charge in [-0.2, -0.15) is 0 Å². The summed E-state index contributed by atoms with van der Waals surface area (Å²) in [5, 5.41) is 10.8. The molecule has 1 N–H and O–H groups in total. The van der Waals surface area contributed by atoms with Gasteiger partial charge in [-0.25, -0.2) is 14.4 Å². The zero-order valence-corrected chi connectivity index (χ0v) is 23.6. The average molecular weight is 541 g/mol. The number of ether oxygens (including phenoxy) is 5.